The molecule has 1 rings (SSSR count). The Morgan fingerprint density at radius 2 is 2.17 bits per heavy atom. The van der Waals surface area contributed by atoms with Gasteiger partial charge in [-0.25, -0.2) is 12.7 Å². The van der Waals surface area contributed by atoms with Gasteiger partial charge in [-0.05, 0) is 19.3 Å². The van der Waals surface area contributed by atoms with Crippen molar-refractivity contribution in [1.82, 2.24) is 9.62 Å². The summed E-state index contributed by atoms with van der Waals surface area (Å²) >= 11 is 0. The number of carbonyl (C=O) groups excluding carboxylic acids is 1. The standard InChI is InChI=1S/C11H22N2O4S/c1-3-7-13(18(2,15)16)8-6-12-11(14)10-5-4-9-17-10/h10H,3-9H2,1-2H3,(H,12,14). The van der Waals surface area contributed by atoms with E-state index in [9.17, 15) is 13.2 Å². The van der Waals surface area contributed by atoms with Gasteiger partial charge in [0.1, 0.15) is 6.10 Å². The maximum Gasteiger partial charge on any atom is 0.249 e. The van der Waals surface area contributed by atoms with Crippen LogP contribution in [-0.2, 0) is 19.6 Å². The predicted molar refractivity (Wildman–Crippen MR) is 68.7 cm³/mol. The van der Waals surface area contributed by atoms with Crippen LogP contribution in [0.25, 0.3) is 0 Å². The summed E-state index contributed by atoms with van der Waals surface area (Å²) in [6.45, 7) is 3.66. The van der Waals surface area contributed by atoms with Crippen LogP contribution in [-0.4, -0.2) is 57.2 Å². The van der Waals surface area contributed by atoms with Gasteiger partial charge in [-0.15, -0.1) is 0 Å². The highest BCUT2D eigenvalue weighted by Gasteiger charge is 2.23. The highest BCUT2D eigenvalue weighted by atomic mass is 32.2. The van der Waals surface area contributed by atoms with Crippen molar-refractivity contribution in [2.24, 2.45) is 0 Å². The minimum atomic E-state index is -3.19. The number of amides is 1. The molecule has 0 radical (unpaired) electrons. The van der Waals surface area contributed by atoms with Crippen molar-refractivity contribution in [3.05, 3.63) is 0 Å². The molecule has 1 unspecified atom stereocenters. The maximum atomic E-state index is 11.6. The lowest BCUT2D eigenvalue weighted by atomic mass is 10.2. The molecule has 1 saturated heterocycles. The predicted octanol–water partition coefficient (Wildman–Crippen LogP) is -0.0468. The molecule has 1 fully saturated rings. The summed E-state index contributed by atoms with van der Waals surface area (Å²) in [4.78, 5) is 11.6. The highest BCUT2D eigenvalue weighted by molar-refractivity contribution is 7.88. The Kier molecular flexibility index (Phi) is 6.04. The number of sulfonamides is 1. The molecular weight excluding hydrogens is 256 g/mol. The van der Waals surface area contributed by atoms with Crippen LogP contribution in [0.5, 0.6) is 0 Å². The van der Waals surface area contributed by atoms with Gasteiger partial charge in [-0.2, -0.15) is 0 Å². The fourth-order valence-corrected chi connectivity index (χ4v) is 2.83. The fourth-order valence-electron chi connectivity index (χ4n) is 1.89. The van der Waals surface area contributed by atoms with E-state index < -0.39 is 10.0 Å². The zero-order valence-electron chi connectivity index (χ0n) is 11.0. The molecule has 0 aromatic rings. The molecule has 0 aliphatic carbocycles. The van der Waals surface area contributed by atoms with E-state index in [1.165, 1.54) is 10.6 Å². The fraction of sp³-hybridized carbons (Fsp3) is 0.909. The number of rotatable bonds is 7. The lowest BCUT2D eigenvalue weighted by Gasteiger charge is -2.19. The summed E-state index contributed by atoms with van der Waals surface area (Å²) in [6.07, 6.45) is 3.24. The first kappa shape index (κ1) is 15.4. The zero-order chi connectivity index (χ0) is 13.6. The van der Waals surface area contributed by atoms with E-state index in [0.29, 0.717) is 26.2 Å². The van der Waals surface area contributed by atoms with Crippen LogP contribution in [0.15, 0.2) is 0 Å². The lowest BCUT2D eigenvalue weighted by molar-refractivity contribution is -0.130. The summed E-state index contributed by atoms with van der Waals surface area (Å²) in [5.74, 6) is -0.141. The largest absolute Gasteiger partial charge is 0.368 e. The van der Waals surface area contributed by atoms with Crippen LogP contribution in [0.2, 0.25) is 0 Å². The summed E-state index contributed by atoms with van der Waals surface area (Å²) < 4.78 is 29.5. The quantitative estimate of drug-likeness (QED) is 0.708. The van der Waals surface area contributed by atoms with E-state index in [2.05, 4.69) is 5.32 Å². The Bertz CT molecular complexity index is 363. The van der Waals surface area contributed by atoms with Gasteiger partial charge in [0.05, 0.1) is 6.26 Å². The molecule has 0 saturated carbocycles. The second kappa shape index (κ2) is 7.06. The molecule has 1 N–H and O–H groups in total. The van der Waals surface area contributed by atoms with E-state index in [-0.39, 0.29) is 12.0 Å². The van der Waals surface area contributed by atoms with Gasteiger partial charge in [0.15, 0.2) is 0 Å². The van der Waals surface area contributed by atoms with Gasteiger partial charge >= 0.3 is 0 Å². The smallest absolute Gasteiger partial charge is 0.249 e. The summed E-state index contributed by atoms with van der Waals surface area (Å²) in [7, 11) is -3.19. The average Bonchev–Trinajstić information content (AvgIpc) is 2.79. The van der Waals surface area contributed by atoms with Crippen molar-refractivity contribution < 1.29 is 17.9 Å². The molecule has 106 valence electrons. The van der Waals surface area contributed by atoms with Crippen LogP contribution < -0.4 is 5.32 Å². The first-order chi connectivity index (χ1) is 8.45. The Balaban J connectivity index is 2.32. The lowest BCUT2D eigenvalue weighted by Crippen LogP contribution is -2.41. The topological polar surface area (TPSA) is 75.7 Å². The average molecular weight is 278 g/mol. The molecule has 18 heavy (non-hydrogen) atoms. The minimum absolute atomic E-state index is 0.141. The molecule has 1 amide bonds. The molecule has 1 heterocycles. The van der Waals surface area contributed by atoms with E-state index in [0.717, 1.165) is 19.3 Å². The summed E-state index contributed by atoms with van der Waals surface area (Å²) in [6, 6.07) is 0. The first-order valence-corrected chi connectivity index (χ1v) is 8.14. The number of nitrogens with one attached hydrogen (secondary N) is 1. The molecule has 0 aromatic carbocycles. The van der Waals surface area contributed by atoms with Crippen LogP contribution in [0.1, 0.15) is 26.2 Å². The van der Waals surface area contributed by atoms with Gasteiger partial charge in [0, 0.05) is 26.2 Å². The van der Waals surface area contributed by atoms with Crippen LogP contribution in [0, 0.1) is 0 Å². The normalized spacial score (nSPS) is 20.3. The van der Waals surface area contributed by atoms with Crippen LogP contribution in [0.4, 0.5) is 0 Å². The number of ether oxygens (including phenoxy) is 1. The van der Waals surface area contributed by atoms with Gasteiger partial charge in [0.25, 0.3) is 0 Å². The van der Waals surface area contributed by atoms with E-state index in [1.54, 1.807) is 0 Å². The van der Waals surface area contributed by atoms with Crippen molar-refractivity contribution in [1.29, 1.82) is 0 Å². The molecule has 1 atom stereocenters. The number of carbonyl (C=O) groups is 1. The minimum Gasteiger partial charge on any atom is -0.368 e. The van der Waals surface area contributed by atoms with E-state index in [1.807, 2.05) is 6.92 Å². The third-order valence-electron chi connectivity index (χ3n) is 2.82. The second-order valence-electron chi connectivity index (χ2n) is 4.45. The van der Waals surface area contributed by atoms with Crippen molar-refractivity contribution in [2.75, 3.05) is 32.5 Å². The number of nitrogens with zero attached hydrogens (tertiary/aromatic N) is 1. The Hall–Kier alpha value is -0.660. The van der Waals surface area contributed by atoms with E-state index in [4.69, 9.17) is 4.74 Å². The monoisotopic (exact) mass is 278 g/mol. The molecule has 0 aromatic heterocycles. The van der Waals surface area contributed by atoms with Gasteiger partial charge < -0.3 is 10.1 Å². The molecule has 0 bridgehead atoms. The molecular formula is C11H22N2O4S. The Morgan fingerprint density at radius 3 is 2.67 bits per heavy atom. The Labute approximate surface area is 109 Å². The van der Waals surface area contributed by atoms with Gasteiger partial charge in [-0.3, -0.25) is 4.79 Å². The van der Waals surface area contributed by atoms with E-state index >= 15 is 0 Å². The van der Waals surface area contributed by atoms with Crippen LogP contribution >= 0.6 is 0 Å². The highest BCUT2D eigenvalue weighted by Crippen LogP contribution is 2.11. The van der Waals surface area contributed by atoms with Crippen molar-refractivity contribution >= 4 is 15.9 Å². The third kappa shape index (κ3) is 4.91. The Morgan fingerprint density at radius 1 is 1.44 bits per heavy atom. The maximum absolute atomic E-state index is 11.6. The number of hydrogen-bond acceptors (Lipinski definition) is 4. The molecule has 1 aliphatic heterocycles. The van der Waals surface area contributed by atoms with Gasteiger partial charge in [0.2, 0.25) is 15.9 Å². The summed E-state index contributed by atoms with van der Waals surface area (Å²) in [5.41, 5.74) is 0. The first-order valence-electron chi connectivity index (χ1n) is 6.29. The second-order valence-corrected chi connectivity index (χ2v) is 6.44. The zero-order valence-corrected chi connectivity index (χ0v) is 11.8. The van der Waals surface area contributed by atoms with Crippen LogP contribution in [0.3, 0.4) is 0 Å². The van der Waals surface area contributed by atoms with Crippen molar-refractivity contribution in [2.45, 2.75) is 32.3 Å². The summed E-state index contributed by atoms with van der Waals surface area (Å²) in [5, 5.41) is 2.72. The third-order valence-corrected chi connectivity index (χ3v) is 4.13. The SMILES string of the molecule is CCCN(CCNC(=O)C1CCCO1)S(C)(=O)=O. The molecule has 1 aliphatic rings. The van der Waals surface area contributed by atoms with Crippen molar-refractivity contribution in [3.63, 3.8) is 0 Å². The molecule has 6 nitrogen and oxygen atoms in total. The number of hydrogen-bond donors (Lipinski definition) is 1. The molecule has 7 heteroatoms. The van der Waals surface area contributed by atoms with Crippen molar-refractivity contribution in [3.8, 4) is 0 Å². The van der Waals surface area contributed by atoms with Gasteiger partial charge in [-0.1, -0.05) is 6.92 Å². The molecule has 0 spiro atoms.